The number of aromatic nitrogens is 1. The van der Waals surface area contributed by atoms with Gasteiger partial charge in [0.15, 0.2) is 0 Å². The molecule has 5 heteroatoms. The van der Waals surface area contributed by atoms with E-state index in [1.807, 2.05) is 11.3 Å². The normalized spacial score (nSPS) is 16.6. The lowest BCUT2D eigenvalue weighted by atomic mass is 9.88. The monoisotopic (exact) mass is 427 g/mol. The van der Waals surface area contributed by atoms with E-state index in [-0.39, 0.29) is 5.91 Å². The number of aryl methyl sites for hydroxylation is 2. The summed E-state index contributed by atoms with van der Waals surface area (Å²) in [4.78, 5) is 19.7. The number of carbonyl (C=O) groups is 1. The summed E-state index contributed by atoms with van der Waals surface area (Å²) >= 11 is 1.82. The number of thiazole rings is 1. The van der Waals surface area contributed by atoms with Gasteiger partial charge < -0.3 is 5.32 Å². The largest absolute Gasteiger partial charge is 0.352 e. The van der Waals surface area contributed by atoms with Gasteiger partial charge in [-0.15, -0.1) is 11.3 Å². The van der Waals surface area contributed by atoms with Crippen molar-refractivity contribution in [3.8, 4) is 0 Å². The molecule has 0 spiro atoms. The minimum atomic E-state index is 0.0160. The molecule has 1 aromatic carbocycles. The Balaban J connectivity index is 1.53. The molecular formula is C25H37N3OS. The summed E-state index contributed by atoms with van der Waals surface area (Å²) in [7, 11) is 0. The summed E-state index contributed by atoms with van der Waals surface area (Å²) in [5, 5.41) is 4.37. The zero-order chi connectivity index (χ0) is 21.5. The number of nitrogens with zero attached hydrogens (tertiary/aromatic N) is 2. The van der Waals surface area contributed by atoms with Gasteiger partial charge in [-0.2, -0.15) is 0 Å². The second-order valence-corrected chi connectivity index (χ2v) is 9.86. The predicted molar refractivity (Wildman–Crippen MR) is 128 cm³/mol. The van der Waals surface area contributed by atoms with Crippen LogP contribution >= 0.6 is 11.3 Å². The fraction of sp³-hybridized carbons (Fsp3) is 0.600. The van der Waals surface area contributed by atoms with Crippen LogP contribution in [-0.4, -0.2) is 42.0 Å². The van der Waals surface area contributed by atoms with Crippen molar-refractivity contribution in [3.05, 3.63) is 40.9 Å². The van der Waals surface area contributed by atoms with Gasteiger partial charge in [-0.05, 0) is 74.7 Å². The molecule has 3 rings (SSSR count). The van der Waals surface area contributed by atoms with E-state index in [0.717, 1.165) is 50.8 Å². The van der Waals surface area contributed by atoms with E-state index in [9.17, 15) is 4.79 Å². The average molecular weight is 428 g/mol. The zero-order valence-electron chi connectivity index (χ0n) is 18.9. The first-order valence-electron chi connectivity index (χ1n) is 11.6. The quantitative estimate of drug-likeness (QED) is 0.500. The average Bonchev–Trinajstić information content (AvgIpc) is 3.41. The first-order valence-corrected chi connectivity index (χ1v) is 12.4. The van der Waals surface area contributed by atoms with E-state index in [1.54, 1.807) is 0 Å². The van der Waals surface area contributed by atoms with Crippen molar-refractivity contribution < 1.29 is 4.79 Å². The molecule has 2 atom stereocenters. The zero-order valence-corrected chi connectivity index (χ0v) is 19.7. The second-order valence-electron chi connectivity index (χ2n) is 8.74. The van der Waals surface area contributed by atoms with Gasteiger partial charge in [0, 0.05) is 18.7 Å². The van der Waals surface area contributed by atoms with Crippen molar-refractivity contribution in [3.63, 3.8) is 0 Å². The highest BCUT2D eigenvalue weighted by Crippen LogP contribution is 2.27. The molecule has 1 aliphatic heterocycles. The maximum absolute atomic E-state index is 12.6. The van der Waals surface area contributed by atoms with Crippen LogP contribution in [0.3, 0.4) is 0 Å². The molecule has 0 radical (unpaired) electrons. The van der Waals surface area contributed by atoms with Crippen LogP contribution in [0.2, 0.25) is 0 Å². The number of nitrogens with one attached hydrogen (secondary N) is 1. The number of benzene rings is 1. The van der Waals surface area contributed by atoms with Crippen molar-refractivity contribution in [2.24, 2.45) is 11.8 Å². The predicted octanol–water partition coefficient (Wildman–Crippen LogP) is 5.22. The lowest BCUT2D eigenvalue weighted by molar-refractivity contribution is -0.118. The number of carbonyl (C=O) groups excluding carboxylic acids is 1. The van der Waals surface area contributed by atoms with Gasteiger partial charge in [-0.25, -0.2) is 4.98 Å². The highest BCUT2D eigenvalue weighted by atomic mass is 32.1. The Kier molecular flexibility index (Phi) is 8.46. The van der Waals surface area contributed by atoms with Crippen LogP contribution in [0.15, 0.2) is 30.4 Å². The third-order valence-electron chi connectivity index (χ3n) is 6.54. The van der Waals surface area contributed by atoms with E-state index < -0.39 is 0 Å². The molecule has 4 nitrogen and oxygen atoms in total. The van der Waals surface area contributed by atoms with E-state index in [2.05, 4.69) is 55.8 Å². The third-order valence-corrected chi connectivity index (χ3v) is 7.62. The lowest BCUT2D eigenvalue weighted by Gasteiger charge is -2.24. The number of hydrogen-bond donors (Lipinski definition) is 1. The smallest absolute Gasteiger partial charge is 0.247 e. The summed E-state index contributed by atoms with van der Waals surface area (Å²) < 4.78 is 1.29. The first kappa shape index (κ1) is 23.0. The van der Waals surface area contributed by atoms with Crippen LogP contribution in [-0.2, 0) is 17.6 Å². The highest BCUT2D eigenvalue weighted by Gasteiger charge is 2.20. The van der Waals surface area contributed by atoms with Gasteiger partial charge in [0.2, 0.25) is 5.91 Å². The van der Waals surface area contributed by atoms with Crippen molar-refractivity contribution in [1.82, 2.24) is 15.2 Å². The summed E-state index contributed by atoms with van der Waals surface area (Å²) in [5.74, 6) is 1.04. The molecule has 2 aromatic rings. The Morgan fingerprint density at radius 1 is 1.30 bits per heavy atom. The summed E-state index contributed by atoms with van der Waals surface area (Å²) in [5.41, 5.74) is 3.17. The maximum Gasteiger partial charge on any atom is 0.247 e. The standard InChI is InChI=1S/C25H37N3OS/c1-5-18(3)21(16-26-25(29)19(4)17-28-13-7-8-14-28)10-12-24-27-22-11-9-20(6-2)15-23(22)30-24/h9,11,15,18,21H,4-8,10,12-14,16-17H2,1-3H3,(H,26,29). The Morgan fingerprint density at radius 3 is 2.77 bits per heavy atom. The van der Waals surface area contributed by atoms with Crippen LogP contribution in [0.5, 0.6) is 0 Å². The molecule has 1 amide bonds. The van der Waals surface area contributed by atoms with Gasteiger partial charge in [-0.1, -0.05) is 39.8 Å². The van der Waals surface area contributed by atoms with Crippen LogP contribution in [0.4, 0.5) is 0 Å². The number of fused-ring (bicyclic) bond motifs is 1. The van der Waals surface area contributed by atoms with Gasteiger partial charge in [0.25, 0.3) is 0 Å². The Morgan fingerprint density at radius 2 is 2.07 bits per heavy atom. The van der Waals surface area contributed by atoms with Crippen LogP contribution in [0.1, 0.15) is 57.0 Å². The first-order chi connectivity index (χ1) is 14.5. The summed E-state index contributed by atoms with van der Waals surface area (Å²) in [6.07, 6.45) is 6.67. The molecule has 0 saturated carbocycles. The molecule has 0 aliphatic carbocycles. The number of rotatable bonds is 11. The van der Waals surface area contributed by atoms with Crippen molar-refractivity contribution in [2.75, 3.05) is 26.2 Å². The fourth-order valence-corrected chi connectivity index (χ4v) is 5.25. The van der Waals surface area contributed by atoms with E-state index in [4.69, 9.17) is 4.98 Å². The number of likely N-dealkylation sites (tertiary alicyclic amines) is 1. The van der Waals surface area contributed by atoms with E-state index >= 15 is 0 Å². The second kappa shape index (κ2) is 11.1. The Labute approximate surface area is 185 Å². The number of amides is 1. The van der Waals surface area contributed by atoms with E-state index in [0.29, 0.717) is 24.0 Å². The van der Waals surface area contributed by atoms with Crippen LogP contribution in [0, 0.1) is 11.8 Å². The molecule has 1 aliphatic rings. The molecule has 2 unspecified atom stereocenters. The van der Waals surface area contributed by atoms with Crippen molar-refractivity contribution >= 4 is 27.5 Å². The molecule has 1 fully saturated rings. The highest BCUT2D eigenvalue weighted by molar-refractivity contribution is 7.18. The molecule has 164 valence electrons. The topological polar surface area (TPSA) is 45.2 Å². The molecule has 1 N–H and O–H groups in total. The molecule has 0 bridgehead atoms. The van der Waals surface area contributed by atoms with Crippen molar-refractivity contribution in [2.45, 2.75) is 59.3 Å². The van der Waals surface area contributed by atoms with Crippen LogP contribution < -0.4 is 5.32 Å². The summed E-state index contributed by atoms with van der Waals surface area (Å²) in [6.45, 7) is 14.3. The van der Waals surface area contributed by atoms with Gasteiger partial charge in [0.05, 0.1) is 15.2 Å². The molecule has 30 heavy (non-hydrogen) atoms. The minimum Gasteiger partial charge on any atom is -0.352 e. The van der Waals surface area contributed by atoms with E-state index in [1.165, 1.54) is 28.1 Å². The minimum absolute atomic E-state index is 0.0160. The van der Waals surface area contributed by atoms with Crippen LogP contribution in [0.25, 0.3) is 10.2 Å². The van der Waals surface area contributed by atoms with Gasteiger partial charge >= 0.3 is 0 Å². The molecular weight excluding hydrogens is 390 g/mol. The van der Waals surface area contributed by atoms with Crippen molar-refractivity contribution in [1.29, 1.82) is 0 Å². The van der Waals surface area contributed by atoms with Gasteiger partial charge in [-0.3, -0.25) is 9.69 Å². The number of hydrogen-bond acceptors (Lipinski definition) is 4. The molecule has 1 aromatic heterocycles. The molecule has 2 heterocycles. The summed E-state index contributed by atoms with van der Waals surface area (Å²) in [6, 6.07) is 6.60. The lowest BCUT2D eigenvalue weighted by Crippen LogP contribution is -2.35. The Bertz CT molecular complexity index is 853. The maximum atomic E-state index is 12.6. The molecule has 1 saturated heterocycles. The third kappa shape index (κ3) is 6.14. The fourth-order valence-electron chi connectivity index (χ4n) is 4.20. The SMILES string of the molecule is C=C(CN1CCCC1)C(=O)NCC(CCc1nc2ccc(CC)cc2s1)C(C)CC. The Hall–Kier alpha value is -1.72. The van der Waals surface area contributed by atoms with Gasteiger partial charge in [0.1, 0.15) is 0 Å².